The lowest BCUT2D eigenvalue weighted by atomic mass is 10.1. The maximum absolute atomic E-state index is 12.8. The summed E-state index contributed by atoms with van der Waals surface area (Å²) in [6.07, 6.45) is -0.514. The highest BCUT2D eigenvalue weighted by atomic mass is 16.5. The molecule has 3 rings (SSSR count). The second-order valence-electron chi connectivity index (χ2n) is 6.63. The lowest BCUT2D eigenvalue weighted by Gasteiger charge is -2.32. The lowest BCUT2D eigenvalue weighted by molar-refractivity contribution is -0.917. The minimum Gasteiger partial charge on any atom is -0.450 e. The van der Waals surface area contributed by atoms with Crippen LogP contribution in [0, 0.1) is 0 Å². The molecule has 0 atom stereocenters. The third kappa shape index (κ3) is 5.31. The fourth-order valence-corrected chi connectivity index (χ4v) is 3.28. The van der Waals surface area contributed by atoms with E-state index >= 15 is 0 Å². The molecule has 1 aliphatic rings. The van der Waals surface area contributed by atoms with Crippen LogP contribution in [0.25, 0.3) is 0 Å². The monoisotopic (exact) mass is 368 g/mol. The van der Waals surface area contributed by atoms with Gasteiger partial charge in [-0.1, -0.05) is 36.4 Å². The number of rotatable bonds is 5. The van der Waals surface area contributed by atoms with Gasteiger partial charge in [0.1, 0.15) is 6.54 Å². The molecule has 0 saturated carbocycles. The van der Waals surface area contributed by atoms with Gasteiger partial charge in [0, 0.05) is 16.8 Å². The molecule has 2 aromatic carbocycles. The molecule has 6 heteroatoms. The summed E-state index contributed by atoms with van der Waals surface area (Å²) >= 11 is 0. The van der Waals surface area contributed by atoms with E-state index in [1.54, 1.807) is 31.2 Å². The number of anilines is 1. The molecule has 1 fully saturated rings. The standard InChI is InChI=1S/C21H25N3O3/c1-2-27-21(26)22-19-10-6-9-18(15-19)20(25)24-13-11-23(12-14-24)16-17-7-4-3-5-8-17/h3-10,15H,2,11-14,16H2,1H3,(H,22,26)/p+1. The average Bonchev–Trinajstić information content (AvgIpc) is 2.69. The van der Waals surface area contributed by atoms with E-state index < -0.39 is 6.09 Å². The van der Waals surface area contributed by atoms with Gasteiger partial charge in [0.15, 0.2) is 0 Å². The van der Waals surface area contributed by atoms with Crippen molar-refractivity contribution >= 4 is 17.7 Å². The van der Waals surface area contributed by atoms with Crippen molar-refractivity contribution in [2.24, 2.45) is 0 Å². The number of quaternary nitrogens is 1. The largest absolute Gasteiger partial charge is 0.450 e. The van der Waals surface area contributed by atoms with Crippen molar-refractivity contribution in [2.75, 3.05) is 38.1 Å². The quantitative estimate of drug-likeness (QED) is 0.846. The van der Waals surface area contributed by atoms with Crippen LogP contribution in [0.3, 0.4) is 0 Å². The van der Waals surface area contributed by atoms with E-state index in [1.807, 2.05) is 11.0 Å². The summed E-state index contributed by atoms with van der Waals surface area (Å²) < 4.78 is 4.87. The zero-order valence-corrected chi connectivity index (χ0v) is 15.6. The fraction of sp³-hybridized carbons (Fsp3) is 0.333. The number of benzene rings is 2. The number of ether oxygens (including phenoxy) is 1. The number of nitrogens with zero attached hydrogens (tertiary/aromatic N) is 1. The van der Waals surface area contributed by atoms with Gasteiger partial charge in [-0.25, -0.2) is 4.79 Å². The molecule has 27 heavy (non-hydrogen) atoms. The Kier molecular flexibility index (Phi) is 6.44. The maximum Gasteiger partial charge on any atom is 0.411 e. The molecular formula is C21H26N3O3+. The van der Waals surface area contributed by atoms with E-state index in [2.05, 4.69) is 29.6 Å². The maximum atomic E-state index is 12.8. The first-order valence-electron chi connectivity index (χ1n) is 9.36. The summed E-state index contributed by atoms with van der Waals surface area (Å²) in [6, 6.07) is 17.4. The van der Waals surface area contributed by atoms with Gasteiger partial charge in [0.25, 0.3) is 5.91 Å². The molecule has 0 radical (unpaired) electrons. The van der Waals surface area contributed by atoms with Crippen LogP contribution >= 0.6 is 0 Å². The summed E-state index contributed by atoms with van der Waals surface area (Å²) in [5.41, 5.74) is 2.47. The third-order valence-corrected chi connectivity index (χ3v) is 4.69. The molecule has 1 heterocycles. The number of carbonyl (C=O) groups is 2. The SMILES string of the molecule is CCOC(=O)Nc1cccc(C(=O)N2CC[NH+](Cc3ccccc3)CC2)c1. The van der Waals surface area contributed by atoms with E-state index in [0.29, 0.717) is 17.9 Å². The van der Waals surface area contributed by atoms with Crippen LogP contribution in [-0.4, -0.2) is 49.7 Å². The van der Waals surface area contributed by atoms with Crippen LogP contribution in [-0.2, 0) is 11.3 Å². The van der Waals surface area contributed by atoms with Gasteiger partial charge in [-0.05, 0) is 25.1 Å². The van der Waals surface area contributed by atoms with Crippen molar-refractivity contribution < 1.29 is 19.2 Å². The summed E-state index contributed by atoms with van der Waals surface area (Å²) in [5, 5.41) is 2.64. The molecule has 1 saturated heterocycles. The summed E-state index contributed by atoms with van der Waals surface area (Å²) in [7, 11) is 0. The molecular weight excluding hydrogens is 342 g/mol. The highest BCUT2D eigenvalue weighted by Gasteiger charge is 2.24. The van der Waals surface area contributed by atoms with Crippen LogP contribution < -0.4 is 10.2 Å². The predicted molar refractivity (Wildman–Crippen MR) is 104 cm³/mol. The highest BCUT2D eigenvalue weighted by molar-refractivity contribution is 5.96. The van der Waals surface area contributed by atoms with Crippen molar-refractivity contribution in [1.29, 1.82) is 0 Å². The van der Waals surface area contributed by atoms with Crippen molar-refractivity contribution in [2.45, 2.75) is 13.5 Å². The number of hydrogen-bond acceptors (Lipinski definition) is 3. The van der Waals surface area contributed by atoms with E-state index in [4.69, 9.17) is 4.74 Å². The molecule has 2 amide bonds. The Morgan fingerprint density at radius 3 is 2.52 bits per heavy atom. The molecule has 0 aromatic heterocycles. The van der Waals surface area contributed by atoms with Gasteiger partial charge in [0.05, 0.1) is 32.8 Å². The minimum atomic E-state index is -0.514. The zero-order valence-electron chi connectivity index (χ0n) is 15.6. The van der Waals surface area contributed by atoms with E-state index in [9.17, 15) is 9.59 Å². The van der Waals surface area contributed by atoms with Crippen LogP contribution in [0.2, 0.25) is 0 Å². The van der Waals surface area contributed by atoms with Crippen LogP contribution in [0.4, 0.5) is 10.5 Å². The molecule has 142 valence electrons. The fourth-order valence-electron chi connectivity index (χ4n) is 3.28. The molecule has 0 aliphatic carbocycles. The Morgan fingerprint density at radius 1 is 1.07 bits per heavy atom. The van der Waals surface area contributed by atoms with E-state index in [1.165, 1.54) is 10.5 Å². The molecule has 2 aromatic rings. The molecule has 0 spiro atoms. The molecule has 0 bridgehead atoms. The number of hydrogen-bond donors (Lipinski definition) is 2. The van der Waals surface area contributed by atoms with Crippen molar-refractivity contribution in [3.05, 3.63) is 65.7 Å². The normalized spacial score (nSPS) is 14.6. The van der Waals surface area contributed by atoms with Gasteiger partial charge in [-0.15, -0.1) is 0 Å². The Balaban J connectivity index is 1.55. The van der Waals surface area contributed by atoms with Gasteiger partial charge in [0.2, 0.25) is 0 Å². The van der Waals surface area contributed by atoms with Crippen molar-refractivity contribution in [3.8, 4) is 0 Å². The van der Waals surface area contributed by atoms with Gasteiger partial charge >= 0.3 is 6.09 Å². The molecule has 1 aliphatic heterocycles. The second-order valence-corrected chi connectivity index (χ2v) is 6.63. The average molecular weight is 368 g/mol. The zero-order chi connectivity index (χ0) is 19.1. The number of carbonyl (C=O) groups excluding carboxylic acids is 2. The van der Waals surface area contributed by atoms with Gasteiger partial charge in [-0.2, -0.15) is 0 Å². The second kappa shape index (κ2) is 9.19. The topological polar surface area (TPSA) is 63.1 Å². The Morgan fingerprint density at radius 2 is 1.81 bits per heavy atom. The van der Waals surface area contributed by atoms with Crippen LogP contribution in [0.15, 0.2) is 54.6 Å². The Bertz CT molecular complexity index is 771. The smallest absolute Gasteiger partial charge is 0.411 e. The number of piperazine rings is 1. The summed E-state index contributed by atoms with van der Waals surface area (Å²) in [6.45, 7) is 6.37. The highest BCUT2D eigenvalue weighted by Crippen LogP contribution is 2.13. The van der Waals surface area contributed by atoms with Crippen molar-refractivity contribution in [1.82, 2.24) is 4.90 Å². The summed E-state index contributed by atoms with van der Waals surface area (Å²) in [4.78, 5) is 27.7. The first-order valence-corrected chi connectivity index (χ1v) is 9.36. The lowest BCUT2D eigenvalue weighted by Crippen LogP contribution is -3.13. The first kappa shape index (κ1) is 18.9. The van der Waals surface area contributed by atoms with Crippen molar-refractivity contribution in [3.63, 3.8) is 0 Å². The van der Waals surface area contributed by atoms with Gasteiger partial charge < -0.3 is 14.5 Å². The van der Waals surface area contributed by atoms with E-state index in [0.717, 1.165) is 32.7 Å². The first-order chi connectivity index (χ1) is 13.2. The van der Waals surface area contributed by atoms with Crippen LogP contribution in [0.5, 0.6) is 0 Å². The Labute approximate surface area is 159 Å². The van der Waals surface area contributed by atoms with Crippen LogP contribution in [0.1, 0.15) is 22.8 Å². The Hall–Kier alpha value is -2.86. The number of nitrogens with one attached hydrogen (secondary N) is 2. The summed E-state index contributed by atoms with van der Waals surface area (Å²) in [5.74, 6) is 0.00118. The molecule has 6 nitrogen and oxygen atoms in total. The molecule has 0 unspecified atom stereocenters. The molecule has 2 N–H and O–H groups in total. The predicted octanol–water partition coefficient (Wildman–Crippen LogP) is 1.80. The third-order valence-electron chi connectivity index (χ3n) is 4.69. The van der Waals surface area contributed by atoms with Gasteiger partial charge in [-0.3, -0.25) is 10.1 Å². The minimum absolute atomic E-state index is 0.00118. The van der Waals surface area contributed by atoms with E-state index in [-0.39, 0.29) is 5.91 Å². The number of amides is 2.